The van der Waals surface area contributed by atoms with Gasteiger partial charge in [0.1, 0.15) is 17.8 Å². The Hall–Kier alpha value is -1.14. The summed E-state index contributed by atoms with van der Waals surface area (Å²) in [6.07, 6.45) is -1.68. The lowest BCUT2D eigenvalue weighted by Crippen LogP contribution is -2.79. The van der Waals surface area contributed by atoms with Crippen molar-refractivity contribution < 1.29 is 28.9 Å². The minimum absolute atomic E-state index is 0.140. The van der Waals surface area contributed by atoms with Crippen LogP contribution in [0.1, 0.15) is 20.8 Å². The van der Waals surface area contributed by atoms with Crippen LogP contribution in [0.25, 0.3) is 0 Å². The third-order valence-electron chi connectivity index (χ3n) is 6.54. The first-order valence-corrected chi connectivity index (χ1v) is 7.13. The fourth-order valence-electron chi connectivity index (χ4n) is 5.58. The van der Waals surface area contributed by atoms with Gasteiger partial charge in [-0.25, -0.2) is 4.79 Å². The Bertz CT molecular complexity index is 586. The fourth-order valence-corrected chi connectivity index (χ4v) is 5.58. The van der Waals surface area contributed by atoms with Crippen LogP contribution in [-0.2, 0) is 23.8 Å². The number of esters is 2. The number of epoxide rings is 1. The molecule has 8 atom stereocenters. The molecule has 0 aromatic heterocycles. The van der Waals surface area contributed by atoms with Crippen molar-refractivity contribution in [2.45, 2.75) is 50.3 Å². The SMILES string of the molecule is CC(C)C1C2OC(=O)C1C1(O)[C@H]3O[C@]34C(=O)OC2C14C. The topological polar surface area (TPSA) is 85.4 Å². The van der Waals surface area contributed by atoms with E-state index in [1.807, 2.05) is 13.8 Å². The summed E-state index contributed by atoms with van der Waals surface area (Å²) in [7, 11) is 0. The predicted octanol–water partition coefficient (Wildman–Crippen LogP) is -0.372. The van der Waals surface area contributed by atoms with Crippen LogP contribution in [-0.4, -0.2) is 46.6 Å². The Morgan fingerprint density at radius 1 is 1.25 bits per heavy atom. The first-order valence-electron chi connectivity index (χ1n) is 7.13. The molecule has 1 spiro atoms. The van der Waals surface area contributed by atoms with Gasteiger partial charge >= 0.3 is 11.9 Å². The van der Waals surface area contributed by atoms with Crippen LogP contribution >= 0.6 is 0 Å². The zero-order valence-corrected chi connectivity index (χ0v) is 11.5. The standard InChI is InChI=1S/C14H16O6/c1-4(2)5-6-9(15)18-7(5)8-12(3)13(6,17)10-14(12,20-10)11(16)19-8/h4-8,10,17H,1-3H3/t5?,6?,7?,8?,10-,12?,13?,14+/m1/s1. The third-order valence-corrected chi connectivity index (χ3v) is 6.54. The average Bonchev–Trinajstić information content (AvgIpc) is 2.96. The summed E-state index contributed by atoms with van der Waals surface area (Å²) in [6, 6.07) is 0. The van der Waals surface area contributed by atoms with Crippen LogP contribution < -0.4 is 0 Å². The van der Waals surface area contributed by atoms with Crippen LogP contribution in [0.15, 0.2) is 0 Å². The van der Waals surface area contributed by atoms with Crippen molar-refractivity contribution in [3.63, 3.8) is 0 Å². The minimum Gasteiger partial charge on any atom is -0.458 e. The zero-order chi connectivity index (χ0) is 14.2. The highest BCUT2D eigenvalue weighted by Crippen LogP contribution is 2.82. The van der Waals surface area contributed by atoms with Gasteiger partial charge in [0.25, 0.3) is 0 Å². The number of carbonyl (C=O) groups is 2. The molecule has 5 aliphatic rings. The summed E-state index contributed by atoms with van der Waals surface area (Å²) in [6.45, 7) is 5.79. The normalized spacial score (nSPS) is 64.3. The predicted molar refractivity (Wildman–Crippen MR) is 62.2 cm³/mol. The Morgan fingerprint density at radius 3 is 2.60 bits per heavy atom. The molecule has 2 bridgehead atoms. The maximum atomic E-state index is 12.2. The molecule has 2 saturated carbocycles. The van der Waals surface area contributed by atoms with Gasteiger partial charge < -0.3 is 19.3 Å². The summed E-state index contributed by atoms with van der Waals surface area (Å²) in [5.74, 6) is -1.40. The van der Waals surface area contributed by atoms with E-state index in [9.17, 15) is 14.7 Å². The molecule has 20 heavy (non-hydrogen) atoms. The number of ether oxygens (including phenoxy) is 3. The van der Waals surface area contributed by atoms with Gasteiger partial charge in [-0.3, -0.25) is 4.79 Å². The van der Waals surface area contributed by atoms with Gasteiger partial charge in [-0.2, -0.15) is 0 Å². The molecule has 2 aliphatic carbocycles. The molecular formula is C14H16O6. The number of aliphatic hydroxyl groups is 1. The summed E-state index contributed by atoms with van der Waals surface area (Å²) in [5.41, 5.74) is -3.24. The van der Waals surface area contributed by atoms with E-state index >= 15 is 0 Å². The van der Waals surface area contributed by atoms with E-state index in [2.05, 4.69) is 0 Å². The number of hydrogen-bond donors (Lipinski definition) is 1. The van der Waals surface area contributed by atoms with E-state index in [4.69, 9.17) is 14.2 Å². The van der Waals surface area contributed by atoms with Crippen molar-refractivity contribution >= 4 is 11.9 Å². The van der Waals surface area contributed by atoms with Crippen molar-refractivity contribution in [1.29, 1.82) is 0 Å². The second-order valence-electron chi connectivity index (χ2n) is 7.29. The third kappa shape index (κ3) is 0.700. The number of rotatable bonds is 1. The van der Waals surface area contributed by atoms with E-state index in [1.165, 1.54) is 0 Å². The van der Waals surface area contributed by atoms with E-state index in [-0.39, 0.29) is 17.8 Å². The van der Waals surface area contributed by atoms with Gasteiger partial charge in [0, 0.05) is 5.92 Å². The average molecular weight is 280 g/mol. The van der Waals surface area contributed by atoms with Crippen LogP contribution in [0.4, 0.5) is 0 Å². The van der Waals surface area contributed by atoms with E-state index in [0.717, 1.165) is 0 Å². The first-order chi connectivity index (χ1) is 9.31. The molecule has 0 aromatic rings. The summed E-state index contributed by atoms with van der Waals surface area (Å²) in [4.78, 5) is 24.4. The smallest absolute Gasteiger partial charge is 0.342 e. The molecule has 0 amide bonds. The molecule has 0 aromatic carbocycles. The van der Waals surface area contributed by atoms with Crippen molar-refractivity contribution in [3.8, 4) is 0 Å². The highest BCUT2D eigenvalue weighted by atomic mass is 16.7. The molecule has 6 nitrogen and oxygen atoms in total. The zero-order valence-electron chi connectivity index (χ0n) is 11.5. The molecule has 3 aliphatic heterocycles. The fraction of sp³-hybridized carbons (Fsp3) is 0.857. The van der Waals surface area contributed by atoms with Crippen molar-refractivity contribution in [1.82, 2.24) is 0 Å². The Morgan fingerprint density at radius 2 is 1.95 bits per heavy atom. The molecular weight excluding hydrogens is 264 g/mol. The first kappa shape index (κ1) is 11.5. The molecule has 5 fully saturated rings. The molecule has 3 heterocycles. The molecule has 6 unspecified atom stereocenters. The summed E-state index contributed by atoms with van der Waals surface area (Å²) >= 11 is 0. The highest BCUT2D eigenvalue weighted by Gasteiger charge is 3.04. The number of fused-ring (bicyclic) bond motifs is 5. The lowest BCUT2D eigenvalue weighted by Gasteiger charge is -2.58. The molecule has 1 N–H and O–H groups in total. The number of hydrogen-bond acceptors (Lipinski definition) is 6. The largest absolute Gasteiger partial charge is 0.458 e. The van der Waals surface area contributed by atoms with Gasteiger partial charge in [-0.05, 0) is 12.8 Å². The van der Waals surface area contributed by atoms with Gasteiger partial charge in [0.05, 0.1) is 11.3 Å². The van der Waals surface area contributed by atoms with Gasteiger partial charge in [-0.15, -0.1) is 0 Å². The molecule has 108 valence electrons. The lowest BCUT2D eigenvalue weighted by molar-refractivity contribution is -0.232. The van der Waals surface area contributed by atoms with Crippen LogP contribution in [0, 0.1) is 23.2 Å². The second kappa shape index (κ2) is 2.64. The monoisotopic (exact) mass is 280 g/mol. The molecule has 5 rings (SSSR count). The van der Waals surface area contributed by atoms with E-state index in [1.54, 1.807) is 6.92 Å². The highest BCUT2D eigenvalue weighted by molar-refractivity contribution is 5.94. The van der Waals surface area contributed by atoms with Crippen molar-refractivity contribution in [3.05, 3.63) is 0 Å². The van der Waals surface area contributed by atoms with Gasteiger partial charge in [0.2, 0.25) is 5.60 Å². The van der Waals surface area contributed by atoms with Crippen LogP contribution in [0.2, 0.25) is 0 Å². The summed E-state index contributed by atoms with van der Waals surface area (Å²) < 4.78 is 16.5. The number of carbonyl (C=O) groups excluding carboxylic acids is 2. The minimum atomic E-state index is -1.34. The Labute approximate surface area is 115 Å². The quantitative estimate of drug-likeness (QED) is 0.521. The van der Waals surface area contributed by atoms with Gasteiger partial charge in [0.15, 0.2) is 6.10 Å². The Kier molecular flexibility index (Phi) is 1.52. The second-order valence-corrected chi connectivity index (χ2v) is 7.29. The Balaban J connectivity index is 1.75. The van der Waals surface area contributed by atoms with E-state index in [0.29, 0.717) is 0 Å². The van der Waals surface area contributed by atoms with Gasteiger partial charge in [-0.1, -0.05) is 13.8 Å². The lowest BCUT2D eigenvalue weighted by atomic mass is 9.40. The maximum absolute atomic E-state index is 12.2. The van der Waals surface area contributed by atoms with E-state index < -0.39 is 46.8 Å². The van der Waals surface area contributed by atoms with Crippen LogP contribution in [0.5, 0.6) is 0 Å². The van der Waals surface area contributed by atoms with Crippen molar-refractivity contribution in [2.24, 2.45) is 23.2 Å². The molecule has 0 radical (unpaired) electrons. The van der Waals surface area contributed by atoms with Crippen molar-refractivity contribution in [2.75, 3.05) is 0 Å². The van der Waals surface area contributed by atoms with Crippen LogP contribution in [0.3, 0.4) is 0 Å². The molecule has 3 saturated heterocycles. The summed E-state index contributed by atoms with van der Waals surface area (Å²) in [5, 5.41) is 11.2. The molecule has 6 heteroatoms. The maximum Gasteiger partial charge on any atom is 0.342 e.